The molecule has 1 unspecified atom stereocenters. The van der Waals surface area contributed by atoms with E-state index in [-0.39, 0.29) is 0 Å². The molecule has 1 aliphatic rings. The van der Waals surface area contributed by atoms with Gasteiger partial charge in [0.2, 0.25) is 0 Å². The lowest BCUT2D eigenvalue weighted by Gasteiger charge is -2.41. The molecule has 2 aromatic rings. The van der Waals surface area contributed by atoms with E-state index in [1.165, 1.54) is 23.4 Å². The Balaban J connectivity index is 1.73. The van der Waals surface area contributed by atoms with E-state index < -0.39 is 0 Å². The predicted octanol–water partition coefficient (Wildman–Crippen LogP) is 4.62. The molecule has 0 saturated carbocycles. The SMILES string of the molecule is COc1ccc(N(Cc2ccc(Cl)s2)C2CCN(C(C)CCN)CC2)cc1. The zero-order chi connectivity index (χ0) is 19.2. The Kier molecular flexibility index (Phi) is 7.41. The minimum Gasteiger partial charge on any atom is -0.497 e. The van der Waals surface area contributed by atoms with Crippen LogP contribution in [0, 0.1) is 0 Å². The number of hydrogen-bond donors (Lipinski definition) is 1. The van der Waals surface area contributed by atoms with Gasteiger partial charge in [-0.05, 0) is 69.1 Å². The van der Waals surface area contributed by atoms with E-state index in [1.54, 1.807) is 18.4 Å². The first kappa shape index (κ1) is 20.5. The standard InChI is InChI=1S/C21H30ClN3OS/c1-16(9-12-23)24-13-10-18(11-14-24)25(15-20-7-8-21(22)27-20)17-3-5-19(26-2)6-4-17/h3-8,16,18H,9-15,23H2,1-2H3. The van der Waals surface area contributed by atoms with Crippen molar-refractivity contribution in [2.24, 2.45) is 5.73 Å². The molecule has 0 amide bonds. The summed E-state index contributed by atoms with van der Waals surface area (Å²) in [5.74, 6) is 0.892. The molecule has 1 aromatic heterocycles. The summed E-state index contributed by atoms with van der Waals surface area (Å²) in [6.45, 7) is 6.21. The maximum absolute atomic E-state index is 6.17. The monoisotopic (exact) mass is 407 g/mol. The summed E-state index contributed by atoms with van der Waals surface area (Å²) in [6, 6.07) is 13.6. The molecular weight excluding hydrogens is 378 g/mol. The number of halogens is 1. The van der Waals surface area contributed by atoms with Gasteiger partial charge in [-0.25, -0.2) is 0 Å². The van der Waals surface area contributed by atoms with Crippen molar-refractivity contribution < 1.29 is 4.74 Å². The smallest absolute Gasteiger partial charge is 0.119 e. The first-order chi connectivity index (χ1) is 13.1. The van der Waals surface area contributed by atoms with Gasteiger partial charge in [-0.3, -0.25) is 0 Å². The molecule has 0 bridgehead atoms. The summed E-state index contributed by atoms with van der Waals surface area (Å²) >= 11 is 7.83. The first-order valence-electron chi connectivity index (χ1n) is 9.69. The van der Waals surface area contributed by atoms with Gasteiger partial charge in [-0.15, -0.1) is 11.3 Å². The van der Waals surface area contributed by atoms with E-state index in [0.717, 1.165) is 42.7 Å². The number of rotatable bonds is 8. The quantitative estimate of drug-likeness (QED) is 0.693. The summed E-state index contributed by atoms with van der Waals surface area (Å²) < 4.78 is 6.18. The highest BCUT2D eigenvalue weighted by Gasteiger charge is 2.27. The summed E-state index contributed by atoms with van der Waals surface area (Å²) in [5, 5.41) is 0. The molecule has 3 rings (SSSR count). The van der Waals surface area contributed by atoms with Crippen molar-refractivity contribution in [1.29, 1.82) is 0 Å². The summed E-state index contributed by atoms with van der Waals surface area (Å²) in [4.78, 5) is 6.42. The van der Waals surface area contributed by atoms with Gasteiger partial charge in [-0.1, -0.05) is 11.6 Å². The first-order valence-corrected chi connectivity index (χ1v) is 10.9. The van der Waals surface area contributed by atoms with Gasteiger partial charge in [0, 0.05) is 35.7 Å². The number of methoxy groups -OCH3 is 1. The maximum Gasteiger partial charge on any atom is 0.119 e. The molecule has 2 heterocycles. The molecule has 1 aromatic carbocycles. The second-order valence-electron chi connectivity index (χ2n) is 7.23. The topological polar surface area (TPSA) is 41.7 Å². The number of nitrogens with zero attached hydrogens (tertiary/aromatic N) is 2. The fourth-order valence-electron chi connectivity index (χ4n) is 3.87. The van der Waals surface area contributed by atoms with Crippen LogP contribution in [0.4, 0.5) is 5.69 Å². The van der Waals surface area contributed by atoms with Crippen LogP contribution in [0.25, 0.3) is 0 Å². The normalized spacial score (nSPS) is 17.0. The van der Waals surface area contributed by atoms with E-state index in [4.69, 9.17) is 22.1 Å². The molecule has 0 aliphatic carbocycles. The zero-order valence-corrected chi connectivity index (χ0v) is 17.8. The van der Waals surface area contributed by atoms with Crippen LogP contribution in [0.5, 0.6) is 5.75 Å². The van der Waals surface area contributed by atoms with E-state index in [1.807, 2.05) is 18.2 Å². The fourth-order valence-corrected chi connectivity index (χ4v) is 4.96. The summed E-state index contributed by atoms with van der Waals surface area (Å²) in [5.41, 5.74) is 6.99. The van der Waals surface area contributed by atoms with Crippen LogP contribution in [-0.4, -0.2) is 43.7 Å². The van der Waals surface area contributed by atoms with Gasteiger partial charge >= 0.3 is 0 Å². The molecule has 1 fully saturated rings. The Bertz CT molecular complexity index is 698. The van der Waals surface area contributed by atoms with Crippen LogP contribution in [-0.2, 0) is 6.54 Å². The highest BCUT2D eigenvalue weighted by molar-refractivity contribution is 7.16. The largest absolute Gasteiger partial charge is 0.497 e. The van der Waals surface area contributed by atoms with Gasteiger partial charge in [-0.2, -0.15) is 0 Å². The second-order valence-corrected chi connectivity index (χ2v) is 9.02. The summed E-state index contributed by atoms with van der Waals surface area (Å²) in [6.07, 6.45) is 3.40. The average molecular weight is 408 g/mol. The summed E-state index contributed by atoms with van der Waals surface area (Å²) in [7, 11) is 1.71. The number of hydrogen-bond acceptors (Lipinski definition) is 5. The van der Waals surface area contributed by atoms with Crippen LogP contribution in [0.1, 0.15) is 31.1 Å². The van der Waals surface area contributed by atoms with Gasteiger partial charge < -0.3 is 20.3 Å². The lowest BCUT2D eigenvalue weighted by molar-refractivity contribution is 0.154. The molecule has 1 atom stereocenters. The van der Waals surface area contributed by atoms with E-state index in [9.17, 15) is 0 Å². The highest BCUT2D eigenvalue weighted by atomic mass is 35.5. The van der Waals surface area contributed by atoms with Crippen LogP contribution in [0.15, 0.2) is 36.4 Å². The number of likely N-dealkylation sites (tertiary alicyclic amines) is 1. The van der Waals surface area contributed by atoms with Crippen molar-refractivity contribution in [3.63, 3.8) is 0 Å². The lowest BCUT2D eigenvalue weighted by atomic mass is 10.00. The van der Waals surface area contributed by atoms with Gasteiger partial charge in [0.15, 0.2) is 0 Å². The Morgan fingerprint density at radius 2 is 1.93 bits per heavy atom. The van der Waals surface area contributed by atoms with E-state index in [2.05, 4.69) is 34.9 Å². The molecule has 4 nitrogen and oxygen atoms in total. The number of thiophene rings is 1. The second kappa shape index (κ2) is 9.78. The molecule has 148 valence electrons. The van der Waals surface area contributed by atoms with Crippen LogP contribution >= 0.6 is 22.9 Å². The third-order valence-electron chi connectivity index (χ3n) is 5.51. The third-order valence-corrected chi connectivity index (χ3v) is 6.72. The number of anilines is 1. The van der Waals surface area contributed by atoms with Crippen LogP contribution in [0.3, 0.4) is 0 Å². The van der Waals surface area contributed by atoms with Crippen molar-refractivity contribution in [3.8, 4) is 5.75 Å². The Labute approximate surface area is 171 Å². The van der Waals surface area contributed by atoms with Crippen molar-refractivity contribution in [3.05, 3.63) is 45.6 Å². The molecular formula is C21H30ClN3OS. The van der Waals surface area contributed by atoms with Gasteiger partial charge in [0.05, 0.1) is 18.0 Å². The van der Waals surface area contributed by atoms with Crippen molar-refractivity contribution in [2.45, 2.75) is 44.8 Å². The number of benzene rings is 1. The van der Waals surface area contributed by atoms with E-state index in [0.29, 0.717) is 12.1 Å². The molecule has 6 heteroatoms. The van der Waals surface area contributed by atoms with Crippen molar-refractivity contribution in [1.82, 2.24) is 4.90 Å². The number of nitrogens with two attached hydrogens (primary N) is 1. The lowest BCUT2D eigenvalue weighted by Crippen LogP contribution is -2.47. The Morgan fingerprint density at radius 1 is 1.22 bits per heavy atom. The van der Waals surface area contributed by atoms with Crippen LogP contribution in [0.2, 0.25) is 4.34 Å². The number of piperidine rings is 1. The third kappa shape index (κ3) is 5.38. The molecule has 0 radical (unpaired) electrons. The van der Waals surface area contributed by atoms with Crippen molar-refractivity contribution >= 4 is 28.6 Å². The van der Waals surface area contributed by atoms with Gasteiger partial charge in [0.25, 0.3) is 0 Å². The molecule has 2 N–H and O–H groups in total. The molecule has 27 heavy (non-hydrogen) atoms. The minimum atomic E-state index is 0.528. The Morgan fingerprint density at radius 3 is 2.48 bits per heavy atom. The average Bonchev–Trinajstić information content (AvgIpc) is 3.11. The highest BCUT2D eigenvalue weighted by Crippen LogP contribution is 2.31. The predicted molar refractivity (Wildman–Crippen MR) is 116 cm³/mol. The minimum absolute atomic E-state index is 0.528. The molecule has 0 spiro atoms. The Hall–Kier alpha value is -1.27. The van der Waals surface area contributed by atoms with Crippen LogP contribution < -0.4 is 15.4 Å². The number of ether oxygens (including phenoxy) is 1. The molecule has 1 saturated heterocycles. The zero-order valence-electron chi connectivity index (χ0n) is 16.2. The molecule has 1 aliphatic heterocycles. The van der Waals surface area contributed by atoms with Crippen molar-refractivity contribution in [2.75, 3.05) is 31.6 Å². The maximum atomic E-state index is 6.17. The van der Waals surface area contributed by atoms with E-state index >= 15 is 0 Å². The fraction of sp³-hybridized carbons (Fsp3) is 0.524. The van der Waals surface area contributed by atoms with Gasteiger partial charge in [0.1, 0.15) is 5.75 Å².